The lowest BCUT2D eigenvalue weighted by Gasteiger charge is -2.29. The van der Waals surface area contributed by atoms with Crippen LogP contribution in [0.3, 0.4) is 0 Å². The van der Waals surface area contributed by atoms with Gasteiger partial charge in [0.2, 0.25) is 0 Å². The highest BCUT2D eigenvalue weighted by Crippen LogP contribution is 2.37. The van der Waals surface area contributed by atoms with Crippen LogP contribution in [0.4, 0.5) is 0 Å². The van der Waals surface area contributed by atoms with Crippen molar-refractivity contribution in [2.75, 3.05) is 19.3 Å². The largest absolute Gasteiger partial charge is 0.481 e. The molecular weight excluding hydrogens is 530 g/mol. The van der Waals surface area contributed by atoms with E-state index in [2.05, 4.69) is 11.0 Å². The van der Waals surface area contributed by atoms with Crippen LogP contribution in [-0.2, 0) is 21.2 Å². The Labute approximate surface area is 224 Å². The molecule has 0 amide bonds. The van der Waals surface area contributed by atoms with Crippen LogP contribution < -0.4 is 0 Å². The number of carboxylic acid groups (broad SMARTS) is 1. The van der Waals surface area contributed by atoms with Crippen molar-refractivity contribution in [1.82, 2.24) is 14.7 Å². The number of nitrogens with zero attached hydrogens (tertiary/aromatic N) is 3. The van der Waals surface area contributed by atoms with Crippen LogP contribution in [0.1, 0.15) is 18.5 Å². The Morgan fingerprint density at radius 1 is 1.05 bits per heavy atom. The lowest BCUT2D eigenvalue weighted by Crippen LogP contribution is -2.35. The summed E-state index contributed by atoms with van der Waals surface area (Å²) in [5.74, 6) is -1.00. The first-order valence-electron chi connectivity index (χ1n) is 11.9. The second kappa shape index (κ2) is 10.4. The number of carbonyl (C=O) groups is 1. The maximum absolute atomic E-state index is 12.0. The Hall–Kier alpha value is -2.98. The van der Waals surface area contributed by atoms with Gasteiger partial charge in [-0.05, 0) is 74.0 Å². The number of sulfone groups is 1. The zero-order valence-electron chi connectivity index (χ0n) is 20.2. The van der Waals surface area contributed by atoms with E-state index >= 15 is 0 Å². The minimum Gasteiger partial charge on any atom is -0.481 e. The number of likely N-dealkylation sites (tertiary alicyclic amines) is 1. The van der Waals surface area contributed by atoms with Gasteiger partial charge in [0.25, 0.3) is 0 Å². The summed E-state index contributed by atoms with van der Waals surface area (Å²) in [7, 11) is -3.31. The van der Waals surface area contributed by atoms with Crippen LogP contribution in [0.2, 0.25) is 5.02 Å². The molecule has 2 aromatic carbocycles. The van der Waals surface area contributed by atoms with Crippen molar-refractivity contribution in [3.8, 4) is 26.7 Å². The molecule has 1 fully saturated rings. The highest BCUT2D eigenvalue weighted by atomic mass is 35.5. The van der Waals surface area contributed by atoms with E-state index in [-0.39, 0.29) is 10.8 Å². The van der Waals surface area contributed by atoms with E-state index < -0.39 is 15.8 Å². The number of carboxylic acids is 1. The Balaban J connectivity index is 1.48. The van der Waals surface area contributed by atoms with Gasteiger partial charge >= 0.3 is 5.97 Å². The second-order valence-electron chi connectivity index (χ2n) is 9.24. The molecule has 0 saturated carbocycles. The van der Waals surface area contributed by atoms with Gasteiger partial charge in [-0.3, -0.25) is 9.69 Å². The van der Waals surface area contributed by atoms with Crippen LogP contribution in [0.25, 0.3) is 26.7 Å². The van der Waals surface area contributed by atoms with Gasteiger partial charge in [-0.25, -0.2) is 13.1 Å². The van der Waals surface area contributed by atoms with Gasteiger partial charge in [-0.2, -0.15) is 5.10 Å². The predicted molar refractivity (Wildman–Crippen MR) is 146 cm³/mol. The number of aliphatic carboxylic acids is 1. The number of aromatic nitrogens is 2. The number of para-hydroxylation sites is 1. The fourth-order valence-electron chi connectivity index (χ4n) is 4.57. The molecule has 1 aliphatic heterocycles. The van der Waals surface area contributed by atoms with E-state index in [1.165, 1.54) is 6.26 Å². The molecule has 37 heavy (non-hydrogen) atoms. The van der Waals surface area contributed by atoms with Gasteiger partial charge in [0.05, 0.1) is 37.8 Å². The van der Waals surface area contributed by atoms with Crippen molar-refractivity contribution < 1.29 is 18.3 Å². The van der Waals surface area contributed by atoms with Gasteiger partial charge < -0.3 is 5.11 Å². The molecule has 1 saturated heterocycles. The normalized spacial score (nSPS) is 15.2. The summed E-state index contributed by atoms with van der Waals surface area (Å²) in [6.07, 6.45) is 2.47. The predicted octanol–water partition coefficient (Wildman–Crippen LogP) is 5.62. The lowest BCUT2D eigenvalue weighted by atomic mass is 9.97. The summed E-state index contributed by atoms with van der Waals surface area (Å²) < 4.78 is 25.9. The Bertz CT molecular complexity index is 1550. The third-order valence-electron chi connectivity index (χ3n) is 6.57. The van der Waals surface area contributed by atoms with Crippen molar-refractivity contribution in [3.05, 3.63) is 77.4 Å². The van der Waals surface area contributed by atoms with E-state index in [0.29, 0.717) is 37.5 Å². The molecule has 0 unspecified atom stereocenters. The van der Waals surface area contributed by atoms with Crippen molar-refractivity contribution >= 4 is 38.7 Å². The molecule has 2 aromatic heterocycles. The second-order valence-corrected chi connectivity index (χ2v) is 12.7. The van der Waals surface area contributed by atoms with Gasteiger partial charge in [0.15, 0.2) is 9.84 Å². The van der Waals surface area contributed by atoms with Crippen molar-refractivity contribution in [1.29, 1.82) is 0 Å². The monoisotopic (exact) mass is 555 g/mol. The van der Waals surface area contributed by atoms with Gasteiger partial charge in [0.1, 0.15) is 0 Å². The summed E-state index contributed by atoms with van der Waals surface area (Å²) in [4.78, 5) is 15.8. The molecule has 1 aliphatic rings. The SMILES string of the molecule is CS(=O)(=O)c1cccc(-c2ccc(-c3cc(CN4CCC(C(=O)O)CC4)nn3-c3ccccc3Cl)s2)c1. The highest BCUT2D eigenvalue weighted by molar-refractivity contribution is 7.90. The van der Waals surface area contributed by atoms with Crippen molar-refractivity contribution in [2.24, 2.45) is 5.92 Å². The summed E-state index contributed by atoms with van der Waals surface area (Å²) >= 11 is 8.10. The number of piperidine rings is 1. The summed E-state index contributed by atoms with van der Waals surface area (Å²) in [5, 5.41) is 14.8. The maximum atomic E-state index is 12.0. The first-order chi connectivity index (χ1) is 17.7. The summed E-state index contributed by atoms with van der Waals surface area (Å²) in [6.45, 7) is 2.04. The highest BCUT2D eigenvalue weighted by Gasteiger charge is 2.25. The smallest absolute Gasteiger partial charge is 0.306 e. The molecule has 5 rings (SSSR count). The number of benzene rings is 2. The number of halogens is 1. The zero-order chi connectivity index (χ0) is 26.2. The number of thiophene rings is 1. The van der Waals surface area contributed by atoms with E-state index in [9.17, 15) is 18.3 Å². The standard InChI is InChI=1S/C27H26ClN3O4S2/c1-37(34,35)21-6-4-5-19(15-21)25-9-10-26(36-25)24-16-20(17-30-13-11-18(12-14-30)27(32)33)29-31(24)23-8-3-2-7-22(23)28/h2-10,15-16,18H,11-14,17H2,1H3,(H,32,33). The third kappa shape index (κ3) is 5.65. The average molecular weight is 556 g/mol. The first kappa shape index (κ1) is 25.7. The quantitative estimate of drug-likeness (QED) is 0.318. The van der Waals surface area contributed by atoms with Crippen molar-refractivity contribution in [2.45, 2.75) is 24.3 Å². The molecule has 4 aromatic rings. The molecule has 0 bridgehead atoms. The fourth-order valence-corrected chi connectivity index (χ4v) is 6.45. The molecule has 3 heterocycles. The minimum atomic E-state index is -3.31. The van der Waals surface area contributed by atoms with Gasteiger partial charge in [-0.15, -0.1) is 11.3 Å². The zero-order valence-corrected chi connectivity index (χ0v) is 22.6. The van der Waals surface area contributed by atoms with E-state index in [0.717, 1.165) is 32.4 Å². The summed E-state index contributed by atoms with van der Waals surface area (Å²) in [6, 6.07) is 20.6. The van der Waals surface area contributed by atoms with Crippen LogP contribution in [-0.4, -0.2) is 53.5 Å². The average Bonchev–Trinajstić information content (AvgIpc) is 3.52. The molecule has 0 aliphatic carbocycles. The molecular formula is C27H26ClN3O4S2. The molecule has 1 N–H and O–H groups in total. The van der Waals surface area contributed by atoms with Crippen LogP contribution in [0.15, 0.2) is 71.6 Å². The Kier molecular flexibility index (Phi) is 7.22. The van der Waals surface area contributed by atoms with E-state index in [4.69, 9.17) is 16.7 Å². The third-order valence-corrected chi connectivity index (χ3v) is 9.15. The van der Waals surface area contributed by atoms with Crippen LogP contribution in [0, 0.1) is 5.92 Å². The molecule has 0 atom stereocenters. The van der Waals surface area contributed by atoms with E-state index in [1.807, 2.05) is 47.1 Å². The topological polar surface area (TPSA) is 92.5 Å². The Morgan fingerprint density at radius 3 is 2.49 bits per heavy atom. The molecule has 0 spiro atoms. The number of hydrogen-bond donors (Lipinski definition) is 1. The van der Waals surface area contributed by atoms with E-state index in [1.54, 1.807) is 29.5 Å². The minimum absolute atomic E-state index is 0.279. The molecule has 192 valence electrons. The lowest BCUT2D eigenvalue weighted by molar-refractivity contribution is -0.143. The van der Waals surface area contributed by atoms with Gasteiger partial charge in [0, 0.05) is 17.7 Å². The summed E-state index contributed by atoms with van der Waals surface area (Å²) in [5.41, 5.74) is 3.37. The Morgan fingerprint density at radius 2 is 1.78 bits per heavy atom. The molecule has 0 radical (unpaired) electrons. The fraction of sp³-hybridized carbons (Fsp3) is 0.259. The van der Waals surface area contributed by atoms with Crippen molar-refractivity contribution in [3.63, 3.8) is 0 Å². The van der Waals surface area contributed by atoms with Crippen LogP contribution in [0.5, 0.6) is 0 Å². The molecule has 10 heteroatoms. The molecule has 7 nitrogen and oxygen atoms in total. The number of hydrogen-bond acceptors (Lipinski definition) is 6. The van der Waals surface area contributed by atoms with Gasteiger partial charge in [-0.1, -0.05) is 35.9 Å². The number of rotatable bonds is 7. The first-order valence-corrected chi connectivity index (χ1v) is 15.0. The maximum Gasteiger partial charge on any atom is 0.306 e. The van der Waals surface area contributed by atoms with Crippen LogP contribution >= 0.6 is 22.9 Å².